The van der Waals surface area contributed by atoms with Crippen molar-refractivity contribution < 1.29 is 4.79 Å². The molecular weight excluding hydrogens is 306 g/mol. The Kier molecular flexibility index (Phi) is 3.84. The maximum absolute atomic E-state index is 12.2. The first-order valence-corrected chi connectivity index (χ1v) is 7.71. The van der Waals surface area contributed by atoms with E-state index in [0.29, 0.717) is 16.3 Å². The third-order valence-electron chi connectivity index (χ3n) is 4.12. The molecular formula is C14H18BrN3O. The second-order valence-electron chi connectivity index (χ2n) is 5.31. The number of amides is 1. The molecule has 3 heterocycles. The molecule has 5 heteroatoms. The SMILES string of the molecule is O=C(NC1CCN2CCCCC12)c1cccc(Br)n1. The van der Waals surface area contributed by atoms with E-state index in [9.17, 15) is 4.79 Å². The van der Waals surface area contributed by atoms with Crippen molar-refractivity contribution in [1.29, 1.82) is 0 Å². The standard InChI is InChI=1S/C14H18BrN3O/c15-13-6-3-4-11(16-13)14(19)17-10-7-9-18-8-2-1-5-12(10)18/h3-4,6,10,12H,1-2,5,7-9H2,(H,17,19). The number of aromatic nitrogens is 1. The number of hydrogen-bond donors (Lipinski definition) is 1. The predicted octanol–water partition coefficient (Wildman–Crippen LogP) is 2.20. The average molecular weight is 324 g/mol. The van der Waals surface area contributed by atoms with E-state index in [4.69, 9.17) is 0 Å². The number of fused-ring (bicyclic) bond motifs is 1. The molecule has 2 atom stereocenters. The van der Waals surface area contributed by atoms with Crippen molar-refractivity contribution in [2.24, 2.45) is 0 Å². The lowest BCUT2D eigenvalue weighted by Crippen LogP contribution is -2.46. The Morgan fingerprint density at radius 3 is 3.05 bits per heavy atom. The van der Waals surface area contributed by atoms with Gasteiger partial charge in [0.25, 0.3) is 5.91 Å². The van der Waals surface area contributed by atoms with Gasteiger partial charge >= 0.3 is 0 Å². The summed E-state index contributed by atoms with van der Waals surface area (Å²) in [5, 5.41) is 3.16. The molecule has 0 radical (unpaired) electrons. The van der Waals surface area contributed by atoms with E-state index in [1.165, 1.54) is 25.8 Å². The number of halogens is 1. The fourth-order valence-electron chi connectivity index (χ4n) is 3.19. The summed E-state index contributed by atoms with van der Waals surface area (Å²) in [6.45, 7) is 2.30. The van der Waals surface area contributed by atoms with Gasteiger partial charge in [0, 0.05) is 18.6 Å². The smallest absolute Gasteiger partial charge is 0.270 e. The lowest BCUT2D eigenvalue weighted by Gasteiger charge is -2.32. The van der Waals surface area contributed by atoms with Gasteiger partial charge in [0.2, 0.25) is 0 Å². The van der Waals surface area contributed by atoms with Gasteiger partial charge in [0.1, 0.15) is 10.3 Å². The summed E-state index contributed by atoms with van der Waals surface area (Å²) in [5.41, 5.74) is 0.489. The fourth-order valence-corrected chi connectivity index (χ4v) is 3.54. The van der Waals surface area contributed by atoms with Crippen LogP contribution in [0.15, 0.2) is 22.8 Å². The molecule has 3 rings (SSSR count). The van der Waals surface area contributed by atoms with Crippen LogP contribution >= 0.6 is 15.9 Å². The number of pyridine rings is 1. The summed E-state index contributed by atoms with van der Waals surface area (Å²) in [6.07, 6.45) is 4.84. The first-order chi connectivity index (χ1) is 9.24. The molecule has 2 fully saturated rings. The van der Waals surface area contributed by atoms with Gasteiger partial charge < -0.3 is 5.32 Å². The Morgan fingerprint density at radius 2 is 2.21 bits per heavy atom. The molecule has 0 bridgehead atoms. The van der Waals surface area contributed by atoms with Gasteiger partial charge in [-0.25, -0.2) is 4.98 Å². The van der Waals surface area contributed by atoms with Gasteiger partial charge in [-0.05, 0) is 53.9 Å². The van der Waals surface area contributed by atoms with Crippen LogP contribution in [0, 0.1) is 0 Å². The van der Waals surface area contributed by atoms with Crippen molar-refractivity contribution in [3.8, 4) is 0 Å². The normalized spacial score (nSPS) is 27.0. The molecule has 0 aliphatic carbocycles. The Bertz CT molecular complexity index is 480. The summed E-state index contributed by atoms with van der Waals surface area (Å²) >= 11 is 3.30. The number of carbonyl (C=O) groups excluding carboxylic acids is 1. The van der Waals surface area contributed by atoms with Crippen molar-refractivity contribution in [2.75, 3.05) is 13.1 Å². The molecule has 1 amide bonds. The highest BCUT2D eigenvalue weighted by Crippen LogP contribution is 2.27. The first-order valence-electron chi connectivity index (χ1n) is 6.91. The Balaban J connectivity index is 1.66. The second kappa shape index (κ2) is 5.59. The van der Waals surface area contributed by atoms with Gasteiger partial charge in [0.05, 0.1) is 0 Å². The maximum Gasteiger partial charge on any atom is 0.270 e. The van der Waals surface area contributed by atoms with Crippen molar-refractivity contribution in [1.82, 2.24) is 15.2 Å². The first kappa shape index (κ1) is 13.1. The van der Waals surface area contributed by atoms with Crippen molar-refractivity contribution >= 4 is 21.8 Å². The van der Waals surface area contributed by atoms with Gasteiger partial charge in [-0.3, -0.25) is 9.69 Å². The molecule has 2 aliphatic heterocycles. The highest BCUT2D eigenvalue weighted by atomic mass is 79.9. The van der Waals surface area contributed by atoms with Crippen LogP contribution in [0.25, 0.3) is 0 Å². The predicted molar refractivity (Wildman–Crippen MR) is 77.0 cm³/mol. The van der Waals surface area contributed by atoms with Gasteiger partial charge in [-0.15, -0.1) is 0 Å². The number of nitrogens with one attached hydrogen (secondary N) is 1. The summed E-state index contributed by atoms with van der Waals surface area (Å²) in [7, 11) is 0. The zero-order valence-electron chi connectivity index (χ0n) is 10.8. The van der Waals surface area contributed by atoms with Crippen LogP contribution in [0.5, 0.6) is 0 Å². The summed E-state index contributed by atoms with van der Waals surface area (Å²) in [4.78, 5) is 18.9. The van der Waals surface area contributed by atoms with Crippen molar-refractivity contribution in [3.63, 3.8) is 0 Å². The number of piperidine rings is 1. The van der Waals surface area contributed by atoms with Crippen LogP contribution in [0.4, 0.5) is 0 Å². The molecule has 2 aliphatic rings. The maximum atomic E-state index is 12.2. The number of nitrogens with zero attached hydrogens (tertiary/aromatic N) is 2. The molecule has 0 spiro atoms. The van der Waals surface area contributed by atoms with E-state index in [0.717, 1.165) is 13.0 Å². The van der Waals surface area contributed by atoms with Gasteiger partial charge in [0.15, 0.2) is 0 Å². The molecule has 0 aromatic carbocycles. The quantitative estimate of drug-likeness (QED) is 0.849. The minimum atomic E-state index is -0.0567. The molecule has 2 saturated heterocycles. The minimum Gasteiger partial charge on any atom is -0.346 e. The Labute approximate surface area is 121 Å². The van der Waals surface area contributed by atoms with Gasteiger partial charge in [-0.1, -0.05) is 12.5 Å². The van der Waals surface area contributed by atoms with E-state index in [2.05, 4.69) is 31.1 Å². The highest BCUT2D eigenvalue weighted by Gasteiger charge is 2.36. The van der Waals surface area contributed by atoms with Crippen LogP contribution in [0.3, 0.4) is 0 Å². The number of hydrogen-bond acceptors (Lipinski definition) is 3. The largest absolute Gasteiger partial charge is 0.346 e. The summed E-state index contributed by atoms with van der Waals surface area (Å²) in [6, 6.07) is 6.25. The van der Waals surface area contributed by atoms with Crippen LogP contribution in [-0.2, 0) is 0 Å². The topological polar surface area (TPSA) is 45.2 Å². The lowest BCUT2D eigenvalue weighted by atomic mass is 9.99. The zero-order chi connectivity index (χ0) is 13.2. The summed E-state index contributed by atoms with van der Waals surface area (Å²) in [5.74, 6) is -0.0567. The third kappa shape index (κ3) is 2.82. The molecule has 1 aromatic heterocycles. The lowest BCUT2D eigenvalue weighted by molar-refractivity contribution is 0.0910. The zero-order valence-corrected chi connectivity index (χ0v) is 12.4. The summed E-state index contributed by atoms with van der Waals surface area (Å²) < 4.78 is 0.700. The Morgan fingerprint density at radius 1 is 1.32 bits per heavy atom. The van der Waals surface area contributed by atoms with Crippen molar-refractivity contribution in [2.45, 2.75) is 37.8 Å². The second-order valence-corrected chi connectivity index (χ2v) is 6.13. The van der Waals surface area contributed by atoms with E-state index >= 15 is 0 Å². The van der Waals surface area contributed by atoms with Crippen LogP contribution in [-0.4, -0.2) is 41.0 Å². The van der Waals surface area contributed by atoms with Crippen LogP contribution in [0.1, 0.15) is 36.2 Å². The molecule has 1 N–H and O–H groups in total. The molecule has 19 heavy (non-hydrogen) atoms. The van der Waals surface area contributed by atoms with Crippen molar-refractivity contribution in [3.05, 3.63) is 28.5 Å². The molecule has 2 unspecified atom stereocenters. The van der Waals surface area contributed by atoms with E-state index in [1.807, 2.05) is 12.1 Å². The third-order valence-corrected chi connectivity index (χ3v) is 4.56. The van der Waals surface area contributed by atoms with E-state index < -0.39 is 0 Å². The average Bonchev–Trinajstić information content (AvgIpc) is 2.82. The van der Waals surface area contributed by atoms with Crippen LogP contribution in [0.2, 0.25) is 0 Å². The number of carbonyl (C=O) groups is 1. The van der Waals surface area contributed by atoms with E-state index in [-0.39, 0.29) is 11.9 Å². The minimum absolute atomic E-state index is 0.0567. The van der Waals surface area contributed by atoms with E-state index in [1.54, 1.807) is 6.07 Å². The molecule has 4 nitrogen and oxygen atoms in total. The number of rotatable bonds is 2. The Hall–Kier alpha value is -0.940. The molecule has 102 valence electrons. The molecule has 1 aromatic rings. The fraction of sp³-hybridized carbons (Fsp3) is 0.571. The molecule has 0 saturated carbocycles. The van der Waals surface area contributed by atoms with Crippen LogP contribution < -0.4 is 5.32 Å². The monoisotopic (exact) mass is 323 g/mol. The van der Waals surface area contributed by atoms with Gasteiger partial charge in [-0.2, -0.15) is 0 Å². The highest BCUT2D eigenvalue weighted by molar-refractivity contribution is 9.10.